The van der Waals surface area contributed by atoms with Crippen molar-refractivity contribution in [3.8, 4) is 17.2 Å². The Balaban J connectivity index is 0.00000392. The van der Waals surface area contributed by atoms with E-state index in [1.54, 1.807) is 23.5 Å². The van der Waals surface area contributed by atoms with Gasteiger partial charge in [0, 0.05) is 24.4 Å². The number of aromatic hydroxyl groups is 1. The van der Waals surface area contributed by atoms with Gasteiger partial charge in [-0.25, -0.2) is 9.98 Å². The second-order valence-corrected chi connectivity index (χ2v) is 7.26. The van der Waals surface area contributed by atoms with Crippen molar-refractivity contribution in [1.82, 2.24) is 15.6 Å². The number of aromatic nitrogens is 1. The van der Waals surface area contributed by atoms with Crippen molar-refractivity contribution in [3.63, 3.8) is 0 Å². The van der Waals surface area contributed by atoms with Gasteiger partial charge in [0.05, 0.1) is 31.5 Å². The number of hydrogen-bond acceptors (Lipinski definition) is 6. The third-order valence-electron chi connectivity index (χ3n) is 4.01. The second-order valence-electron chi connectivity index (χ2n) is 5.97. The topological polar surface area (TPSA) is 88.0 Å². The fourth-order valence-electron chi connectivity index (χ4n) is 2.49. The number of phenols is 1. The number of ether oxygens (including phenoxy) is 2. The predicted octanol–water partition coefficient (Wildman–Crippen LogP) is 3.40. The van der Waals surface area contributed by atoms with Crippen molar-refractivity contribution in [2.45, 2.75) is 33.7 Å². The van der Waals surface area contributed by atoms with Crippen LogP contribution in [0.15, 0.2) is 17.1 Å². The van der Waals surface area contributed by atoms with Gasteiger partial charge in [-0.2, -0.15) is 0 Å². The quantitative estimate of drug-likeness (QED) is 0.281. The highest BCUT2D eigenvalue weighted by Crippen LogP contribution is 2.37. The van der Waals surface area contributed by atoms with Gasteiger partial charge in [-0.05, 0) is 38.5 Å². The number of rotatable bonds is 8. The van der Waals surface area contributed by atoms with Crippen LogP contribution >= 0.6 is 35.3 Å². The molecule has 1 aromatic carbocycles. The van der Waals surface area contributed by atoms with Crippen molar-refractivity contribution in [2.24, 2.45) is 4.99 Å². The van der Waals surface area contributed by atoms with Gasteiger partial charge in [-0.1, -0.05) is 0 Å². The van der Waals surface area contributed by atoms with Crippen LogP contribution in [0, 0.1) is 13.8 Å². The van der Waals surface area contributed by atoms with Gasteiger partial charge in [0.15, 0.2) is 17.5 Å². The first-order chi connectivity index (χ1) is 13.0. The van der Waals surface area contributed by atoms with Gasteiger partial charge in [-0.15, -0.1) is 35.3 Å². The Morgan fingerprint density at radius 2 is 1.82 bits per heavy atom. The monoisotopic (exact) mass is 520 g/mol. The number of benzene rings is 1. The molecule has 3 N–H and O–H groups in total. The minimum Gasteiger partial charge on any atom is -0.502 e. The number of hydrogen-bond donors (Lipinski definition) is 3. The molecule has 0 aliphatic rings. The lowest BCUT2D eigenvalue weighted by molar-refractivity contribution is 0.339. The Bertz CT molecular complexity index is 751. The van der Waals surface area contributed by atoms with E-state index in [4.69, 9.17) is 9.47 Å². The number of guanidine groups is 1. The molecule has 0 amide bonds. The summed E-state index contributed by atoms with van der Waals surface area (Å²) in [5, 5.41) is 17.7. The van der Waals surface area contributed by atoms with E-state index in [1.165, 1.54) is 19.1 Å². The summed E-state index contributed by atoms with van der Waals surface area (Å²) >= 11 is 1.74. The molecule has 2 rings (SSSR count). The predicted molar refractivity (Wildman–Crippen MR) is 125 cm³/mol. The fraction of sp³-hybridized carbons (Fsp3) is 0.474. The molecular formula is C19H29IN4O3S. The minimum absolute atomic E-state index is 0. The summed E-state index contributed by atoms with van der Waals surface area (Å²) in [4.78, 5) is 10.4. The Morgan fingerprint density at radius 1 is 1.18 bits per heavy atom. The Kier molecular flexibility index (Phi) is 10.4. The molecular weight excluding hydrogens is 491 g/mol. The van der Waals surface area contributed by atoms with Crippen molar-refractivity contribution >= 4 is 41.3 Å². The zero-order valence-electron chi connectivity index (χ0n) is 17.0. The first-order valence-corrected chi connectivity index (χ1v) is 9.69. The van der Waals surface area contributed by atoms with E-state index < -0.39 is 0 Å². The van der Waals surface area contributed by atoms with Crippen LogP contribution in [0.3, 0.4) is 0 Å². The van der Waals surface area contributed by atoms with Crippen LogP contribution in [0.2, 0.25) is 0 Å². The van der Waals surface area contributed by atoms with E-state index in [2.05, 4.69) is 27.5 Å². The number of phenolic OH excluding ortho intramolecular Hbond substituents is 1. The van der Waals surface area contributed by atoms with E-state index in [-0.39, 0.29) is 29.7 Å². The van der Waals surface area contributed by atoms with Gasteiger partial charge in [-0.3, -0.25) is 0 Å². The number of halogens is 1. The van der Waals surface area contributed by atoms with E-state index in [1.807, 2.05) is 13.8 Å². The number of nitrogens with zero attached hydrogens (tertiary/aromatic N) is 2. The van der Waals surface area contributed by atoms with Crippen LogP contribution in [-0.2, 0) is 13.0 Å². The van der Waals surface area contributed by atoms with Crippen molar-refractivity contribution < 1.29 is 14.6 Å². The molecule has 2 aromatic rings. The van der Waals surface area contributed by atoms with Crippen LogP contribution in [0.4, 0.5) is 0 Å². The summed E-state index contributed by atoms with van der Waals surface area (Å²) in [7, 11) is 3.02. The molecule has 0 bridgehead atoms. The highest BCUT2D eigenvalue weighted by atomic mass is 127. The Hall–Kier alpha value is -1.75. The largest absolute Gasteiger partial charge is 0.502 e. The first kappa shape index (κ1) is 24.3. The van der Waals surface area contributed by atoms with E-state index >= 15 is 0 Å². The van der Waals surface area contributed by atoms with E-state index in [0.717, 1.165) is 41.7 Å². The summed E-state index contributed by atoms with van der Waals surface area (Å²) in [5.41, 5.74) is 1.98. The summed E-state index contributed by atoms with van der Waals surface area (Å²) < 4.78 is 10.4. The zero-order chi connectivity index (χ0) is 19.8. The SMILES string of the molecule is CCNC(=NCc1cc(OC)c(O)c(OC)c1)NCCc1nc(C)c(C)s1.I. The number of aliphatic imine (C=N–C) groups is 1. The molecule has 0 radical (unpaired) electrons. The maximum absolute atomic E-state index is 10.0. The molecule has 0 fully saturated rings. The van der Waals surface area contributed by atoms with Crippen LogP contribution in [0.5, 0.6) is 17.2 Å². The summed E-state index contributed by atoms with van der Waals surface area (Å²) in [6, 6.07) is 3.51. The van der Waals surface area contributed by atoms with Crippen LogP contribution < -0.4 is 20.1 Å². The minimum atomic E-state index is -0.00760. The fourth-order valence-corrected chi connectivity index (χ4v) is 3.42. The van der Waals surface area contributed by atoms with E-state index in [9.17, 15) is 5.11 Å². The van der Waals surface area contributed by atoms with Crippen LogP contribution in [0.1, 0.15) is 28.1 Å². The molecule has 1 heterocycles. The summed E-state index contributed by atoms with van der Waals surface area (Å²) in [6.45, 7) is 8.10. The Morgan fingerprint density at radius 3 is 2.32 bits per heavy atom. The Labute approximate surface area is 187 Å². The number of thiazole rings is 1. The third kappa shape index (κ3) is 6.69. The summed E-state index contributed by atoms with van der Waals surface area (Å²) in [6.07, 6.45) is 0.852. The normalized spacial score (nSPS) is 11.0. The molecule has 0 aliphatic carbocycles. The molecule has 0 saturated carbocycles. The number of aryl methyl sites for hydroxylation is 2. The molecule has 0 aliphatic heterocycles. The smallest absolute Gasteiger partial charge is 0.200 e. The zero-order valence-corrected chi connectivity index (χ0v) is 20.1. The first-order valence-electron chi connectivity index (χ1n) is 8.87. The van der Waals surface area contributed by atoms with Gasteiger partial charge in [0.25, 0.3) is 0 Å². The van der Waals surface area contributed by atoms with E-state index in [0.29, 0.717) is 18.0 Å². The second kappa shape index (κ2) is 11.9. The highest BCUT2D eigenvalue weighted by molar-refractivity contribution is 14.0. The molecule has 0 spiro atoms. The van der Waals surface area contributed by atoms with Crippen molar-refractivity contribution in [1.29, 1.82) is 0 Å². The lowest BCUT2D eigenvalue weighted by Crippen LogP contribution is -2.38. The van der Waals surface area contributed by atoms with Gasteiger partial charge >= 0.3 is 0 Å². The van der Waals surface area contributed by atoms with Crippen LogP contribution in [0.25, 0.3) is 0 Å². The molecule has 0 atom stereocenters. The molecule has 9 heteroatoms. The molecule has 156 valence electrons. The summed E-state index contributed by atoms with van der Waals surface area (Å²) in [5.74, 6) is 1.46. The average Bonchev–Trinajstić information content (AvgIpc) is 2.98. The van der Waals surface area contributed by atoms with Gasteiger partial charge in [0.1, 0.15) is 0 Å². The standard InChI is InChI=1S/C19H28N4O3S.HI/c1-6-20-19(21-8-7-17-23-12(2)13(3)27-17)22-11-14-9-15(25-4)18(24)16(10-14)26-5;/h9-10,24H,6-8,11H2,1-5H3,(H2,20,21,22);1H. The molecule has 0 unspecified atom stereocenters. The van der Waals surface area contributed by atoms with Crippen LogP contribution in [-0.4, -0.2) is 43.4 Å². The molecule has 28 heavy (non-hydrogen) atoms. The van der Waals surface area contributed by atoms with Crippen molar-refractivity contribution in [3.05, 3.63) is 33.3 Å². The number of nitrogens with one attached hydrogen (secondary N) is 2. The van der Waals surface area contributed by atoms with Crippen molar-refractivity contribution in [2.75, 3.05) is 27.3 Å². The molecule has 0 saturated heterocycles. The van der Waals surface area contributed by atoms with Gasteiger partial charge in [0.2, 0.25) is 5.75 Å². The third-order valence-corrected chi connectivity index (χ3v) is 5.14. The lowest BCUT2D eigenvalue weighted by atomic mass is 10.2. The molecule has 7 nitrogen and oxygen atoms in total. The highest BCUT2D eigenvalue weighted by Gasteiger charge is 2.11. The lowest BCUT2D eigenvalue weighted by Gasteiger charge is -2.12. The number of methoxy groups -OCH3 is 2. The maximum Gasteiger partial charge on any atom is 0.200 e. The average molecular weight is 520 g/mol. The van der Waals surface area contributed by atoms with Gasteiger partial charge < -0.3 is 25.2 Å². The molecule has 1 aromatic heterocycles. The maximum atomic E-state index is 10.0.